The summed E-state index contributed by atoms with van der Waals surface area (Å²) in [5.41, 5.74) is 5.68. The topological polar surface area (TPSA) is 64.3 Å². The molecule has 0 radical (unpaired) electrons. The molecule has 0 aromatic heterocycles. The highest BCUT2D eigenvalue weighted by Crippen LogP contribution is 1.97. The number of nitrogens with one attached hydrogen (secondary N) is 1. The van der Waals surface area contributed by atoms with E-state index in [4.69, 9.17) is 10.5 Å². The summed E-state index contributed by atoms with van der Waals surface area (Å²) in [6.45, 7) is 6.69. The first-order valence-electron chi connectivity index (χ1n) is 5.48. The van der Waals surface area contributed by atoms with Crippen molar-refractivity contribution >= 4 is 5.91 Å². The van der Waals surface area contributed by atoms with Crippen LogP contribution in [0.4, 0.5) is 0 Å². The van der Waals surface area contributed by atoms with Crippen LogP contribution in [0.25, 0.3) is 0 Å². The van der Waals surface area contributed by atoms with Crippen LogP contribution in [0.1, 0.15) is 32.6 Å². The Morgan fingerprint density at radius 1 is 1.60 bits per heavy atom. The lowest BCUT2D eigenvalue weighted by molar-refractivity contribution is -0.122. The van der Waals surface area contributed by atoms with E-state index in [1.54, 1.807) is 0 Å². The van der Waals surface area contributed by atoms with Gasteiger partial charge < -0.3 is 15.8 Å². The number of amides is 1. The standard InChI is InChI=1S/C11H22N2O2/c1-3-5-7-10(12)11(14)13-8-6-9-15-4-2/h4,10H,2-3,5-9,12H2,1H3,(H,13,14). The van der Waals surface area contributed by atoms with Gasteiger partial charge in [0.2, 0.25) is 5.91 Å². The van der Waals surface area contributed by atoms with Gasteiger partial charge in [-0.25, -0.2) is 0 Å². The number of hydrogen-bond acceptors (Lipinski definition) is 3. The molecule has 0 heterocycles. The molecule has 0 aromatic rings. The van der Waals surface area contributed by atoms with Gasteiger partial charge in [-0.3, -0.25) is 4.79 Å². The first-order valence-corrected chi connectivity index (χ1v) is 5.48. The lowest BCUT2D eigenvalue weighted by Crippen LogP contribution is -2.41. The zero-order chi connectivity index (χ0) is 11.5. The summed E-state index contributed by atoms with van der Waals surface area (Å²) in [5.74, 6) is -0.0675. The summed E-state index contributed by atoms with van der Waals surface area (Å²) in [4.78, 5) is 11.4. The van der Waals surface area contributed by atoms with E-state index in [9.17, 15) is 4.79 Å². The van der Waals surface area contributed by atoms with E-state index >= 15 is 0 Å². The maximum Gasteiger partial charge on any atom is 0.236 e. The predicted molar refractivity (Wildman–Crippen MR) is 61.3 cm³/mol. The van der Waals surface area contributed by atoms with E-state index in [2.05, 4.69) is 18.8 Å². The monoisotopic (exact) mass is 214 g/mol. The molecule has 88 valence electrons. The molecule has 15 heavy (non-hydrogen) atoms. The second kappa shape index (κ2) is 9.52. The van der Waals surface area contributed by atoms with Gasteiger partial charge in [0.25, 0.3) is 0 Å². The van der Waals surface area contributed by atoms with E-state index in [0.29, 0.717) is 13.2 Å². The van der Waals surface area contributed by atoms with Gasteiger partial charge in [-0.05, 0) is 12.8 Å². The van der Waals surface area contributed by atoms with Crippen LogP contribution in [-0.4, -0.2) is 25.1 Å². The first-order chi connectivity index (χ1) is 7.22. The highest BCUT2D eigenvalue weighted by molar-refractivity contribution is 5.81. The molecular formula is C11H22N2O2. The van der Waals surface area contributed by atoms with Crippen molar-refractivity contribution in [3.8, 4) is 0 Å². The maximum absolute atomic E-state index is 11.4. The Hall–Kier alpha value is -1.03. The molecule has 0 aliphatic carbocycles. The lowest BCUT2D eigenvalue weighted by Gasteiger charge is -2.11. The van der Waals surface area contributed by atoms with Gasteiger partial charge in [-0.15, -0.1) is 0 Å². The van der Waals surface area contributed by atoms with E-state index in [0.717, 1.165) is 25.7 Å². The van der Waals surface area contributed by atoms with E-state index in [1.807, 2.05) is 0 Å². The molecule has 0 rings (SSSR count). The number of rotatable bonds is 9. The summed E-state index contributed by atoms with van der Waals surface area (Å²) in [6, 6.07) is -0.370. The maximum atomic E-state index is 11.4. The molecule has 1 unspecified atom stereocenters. The van der Waals surface area contributed by atoms with Gasteiger partial charge in [0.15, 0.2) is 0 Å². The third kappa shape index (κ3) is 8.00. The molecule has 0 saturated heterocycles. The van der Waals surface area contributed by atoms with Gasteiger partial charge in [0.05, 0.1) is 18.9 Å². The van der Waals surface area contributed by atoms with Crippen LogP contribution in [0.2, 0.25) is 0 Å². The summed E-state index contributed by atoms with van der Waals surface area (Å²) in [7, 11) is 0. The Labute approximate surface area is 91.9 Å². The third-order valence-electron chi connectivity index (χ3n) is 2.06. The fraction of sp³-hybridized carbons (Fsp3) is 0.727. The number of carbonyl (C=O) groups excluding carboxylic acids is 1. The van der Waals surface area contributed by atoms with Crippen LogP contribution in [0, 0.1) is 0 Å². The van der Waals surface area contributed by atoms with Crippen molar-refractivity contribution in [1.29, 1.82) is 0 Å². The third-order valence-corrected chi connectivity index (χ3v) is 2.06. The van der Waals surface area contributed by atoms with Crippen molar-refractivity contribution in [3.05, 3.63) is 12.8 Å². The van der Waals surface area contributed by atoms with Crippen LogP contribution in [0.15, 0.2) is 12.8 Å². The van der Waals surface area contributed by atoms with Crippen molar-refractivity contribution < 1.29 is 9.53 Å². The normalized spacial score (nSPS) is 11.9. The summed E-state index contributed by atoms with van der Waals surface area (Å²) in [6.07, 6.45) is 4.99. The molecular weight excluding hydrogens is 192 g/mol. The summed E-state index contributed by atoms with van der Waals surface area (Å²) >= 11 is 0. The van der Waals surface area contributed by atoms with Gasteiger partial charge in [-0.1, -0.05) is 26.3 Å². The Morgan fingerprint density at radius 3 is 2.93 bits per heavy atom. The van der Waals surface area contributed by atoms with Crippen LogP contribution in [-0.2, 0) is 9.53 Å². The number of ether oxygens (including phenoxy) is 1. The number of hydrogen-bond donors (Lipinski definition) is 2. The molecule has 0 aliphatic rings. The van der Waals surface area contributed by atoms with Crippen molar-refractivity contribution in [2.75, 3.05) is 13.2 Å². The van der Waals surface area contributed by atoms with Crippen molar-refractivity contribution in [1.82, 2.24) is 5.32 Å². The van der Waals surface area contributed by atoms with E-state index < -0.39 is 0 Å². The molecule has 3 N–H and O–H groups in total. The van der Waals surface area contributed by atoms with Crippen LogP contribution < -0.4 is 11.1 Å². The molecule has 4 nitrogen and oxygen atoms in total. The quantitative estimate of drug-likeness (QED) is 0.447. The molecule has 0 bridgehead atoms. The Kier molecular flexibility index (Phi) is 8.87. The fourth-order valence-electron chi connectivity index (χ4n) is 1.14. The first kappa shape index (κ1) is 14.0. The van der Waals surface area contributed by atoms with Gasteiger partial charge in [0.1, 0.15) is 0 Å². The Bertz CT molecular complexity index is 183. The molecule has 1 atom stereocenters. The Balaban J connectivity index is 3.42. The number of nitrogens with two attached hydrogens (primary N) is 1. The van der Waals surface area contributed by atoms with Gasteiger partial charge in [-0.2, -0.15) is 0 Å². The molecule has 1 amide bonds. The van der Waals surface area contributed by atoms with E-state index in [1.165, 1.54) is 6.26 Å². The van der Waals surface area contributed by atoms with Crippen LogP contribution >= 0.6 is 0 Å². The molecule has 0 saturated carbocycles. The van der Waals surface area contributed by atoms with Gasteiger partial charge >= 0.3 is 0 Å². The minimum Gasteiger partial charge on any atom is -0.502 e. The number of unbranched alkanes of at least 4 members (excludes halogenated alkanes) is 1. The van der Waals surface area contributed by atoms with Crippen LogP contribution in [0.5, 0.6) is 0 Å². The highest BCUT2D eigenvalue weighted by Gasteiger charge is 2.11. The molecule has 0 aromatic carbocycles. The van der Waals surface area contributed by atoms with Crippen molar-refractivity contribution in [2.45, 2.75) is 38.6 Å². The van der Waals surface area contributed by atoms with E-state index in [-0.39, 0.29) is 11.9 Å². The fourth-order valence-corrected chi connectivity index (χ4v) is 1.14. The number of carbonyl (C=O) groups is 1. The Morgan fingerprint density at radius 2 is 2.33 bits per heavy atom. The highest BCUT2D eigenvalue weighted by atomic mass is 16.5. The molecule has 0 fully saturated rings. The van der Waals surface area contributed by atoms with Crippen molar-refractivity contribution in [2.24, 2.45) is 5.73 Å². The summed E-state index contributed by atoms with van der Waals surface area (Å²) in [5, 5.41) is 2.77. The van der Waals surface area contributed by atoms with Crippen molar-refractivity contribution in [3.63, 3.8) is 0 Å². The predicted octanol–water partition coefficient (Wildman–Crippen LogP) is 1.17. The zero-order valence-corrected chi connectivity index (χ0v) is 9.50. The second-order valence-electron chi connectivity index (χ2n) is 3.43. The van der Waals surface area contributed by atoms with Gasteiger partial charge in [0, 0.05) is 6.54 Å². The average Bonchev–Trinajstić information content (AvgIpc) is 2.25. The minimum atomic E-state index is -0.370. The largest absolute Gasteiger partial charge is 0.502 e. The lowest BCUT2D eigenvalue weighted by atomic mass is 10.1. The molecule has 0 spiro atoms. The second-order valence-corrected chi connectivity index (χ2v) is 3.43. The SMILES string of the molecule is C=COCCCNC(=O)C(N)CCCC. The smallest absolute Gasteiger partial charge is 0.236 e. The molecule has 0 aliphatic heterocycles. The van der Waals surface area contributed by atoms with Crippen LogP contribution in [0.3, 0.4) is 0 Å². The summed E-state index contributed by atoms with van der Waals surface area (Å²) < 4.78 is 4.92. The minimum absolute atomic E-state index is 0.0675. The molecule has 4 heteroatoms. The average molecular weight is 214 g/mol. The zero-order valence-electron chi connectivity index (χ0n) is 9.50.